The Bertz CT molecular complexity index is 674. The van der Waals surface area contributed by atoms with Crippen molar-refractivity contribution in [1.82, 2.24) is 4.90 Å². The third-order valence-electron chi connectivity index (χ3n) is 6.88. The minimum atomic E-state index is -0.538. The molecule has 0 aromatic heterocycles. The molecule has 4 aliphatic rings. The maximum Gasteiger partial charge on any atom is 0.341 e. The average molecular weight is 357 g/mol. The minimum Gasteiger partial charge on any atom is -0.428 e. The van der Waals surface area contributed by atoms with Crippen molar-refractivity contribution in [2.24, 2.45) is 5.41 Å². The number of likely N-dealkylation sites (tertiary alicyclic amines) is 1. The zero-order valence-electron chi connectivity index (χ0n) is 15.2. The Hall–Kier alpha value is -1.43. The molecule has 5 nitrogen and oxygen atoms in total. The number of rotatable bonds is 3. The van der Waals surface area contributed by atoms with E-state index in [2.05, 4.69) is 4.90 Å². The molecule has 26 heavy (non-hydrogen) atoms. The summed E-state index contributed by atoms with van der Waals surface area (Å²) in [6, 6.07) is 8.02. The molecule has 1 saturated carbocycles. The zero-order chi connectivity index (χ0) is 17.6. The molecule has 0 bridgehead atoms. The Balaban J connectivity index is 1.25. The molecule has 3 fully saturated rings. The molecule has 3 unspecified atom stereocenters. The number of hydrogen-bond acceptors (Lipinski definition) is 5. The van der Waals surface area contributed by atoms with Crippen LogP contribution in [0.25, 0.3) is 0 Å². The highest BCUT2D eigenvalue weighted by Crippen LogP contribution is 2.42. The molecule has 0 N–H and O–H groups in total. The van der Waals surface area contributed by atoms with Gasteiger partial charge in [0, 0.05) is 18.2 Å². The van der Waals surface area contributed by atoms with E-state index < -0.39 is 6.29 Å². The van der Waals surface area contributed by atoms with Crippen LogP contribution < -0.4 is 0 Å². The number of piperidine rings is 1. The summed E-state index contributed by atoms with van der Waals surface area (Å²) in [5, 5.41) is 0. The normalized spacial score (nSPS) is 33.5. The summed E-state index contributed by atoms with van der Waals surface area (Å²) in [6.07, 6.45) is 6.70. The number of fused-ring (bicyclic) bond motifs is 1. The summed E-state index contributed by atoms with van der Waals surface area (Å²) in [6.45, 7) is 4.14. The number of esters is 1. The fraction of sp³-hybridized carbons (Fsp3) is 0.667. The lowest BCUT2D eigenvalue weighted by Gasteiger charge is -2.42. The van der Waals surface area contributed by atoms with Gasteiger partial charge in [-0.2, -0.15) is 0 Å². The van der Waals surface area contributed by atoms with Crippen LogP contribution in [0, 0.1) is 5.41 Å². The van der Waals surface area contributed by atoms with E-state index >= 15 is 0 Å². The monoisotopic (exact) mass is 357 g/mol. The Morgan fingerprint density at radius 3 is 2.77 bits per heavy atom. The maximum absolute atomic E-state index is 12.1. The lowest BCUT2D eigenvalue weighted by atomic mass is 9.77. The minimum absolute atomic E-state index is 0.146. The summed E-state index contributed by atoms with van der Waals surface area (Å²) >= 11 is 0. The Morgan fingerprint density at radius 1 is 1.12 bits per heavy atom. The molecule has 3 atom stereocenters. The van der Waals surface area contributed by atoms with Crippen LogP contribution in [-0.4, -0.2) is 49.3 Å². The van der Waals surface area contributed by atoms with Gasteiger partial charge in [0.1, 0.15) is 0 Å². The number of carbonyl (C=O) groups excluding carboxylic acids is 1. The van der Waals surface area contributed by atoms with Gasteiger partial charge in [0.2, 0.25) is 6.29 Å². The Kier molecular flexibility index (Phi) is 4.26. The molecular formula is C21H27NO4. The van der Waals surface area contributed by atoms with Crippen LogP contribution >= 0.6 is 0 Å². The van der Waals surface area contributed by atoms with Crippen LogP contribution in [0.2, 0.25) is 0 Å². The predicted molar refractivity (Wildman–Crippen MR) is 95.8 cm³/mol. The molecular weight excluding hydrogens is 330 g/mol. The van der Waals surface area contributed by atoms with Gasteiger partial charge in [-0.05, 0) is 63.1 Å². The molecule has 3 aliphatic heterocycles. The second-order valence-electron chi connectivity index (χ2n) is 8.34. The largest absolute Gasteiger partial charge is 0.428 e. The topological polar surface area (TPSA) is 48.0 Å². The fourth-order valence-electron chi connectivity index (χ4n) is 5.23. The van der Waals surface area contributed by atoms with Gasteiger partial charge >= 0.3 is 5.97 Å². The van der Waals surface area contributed by atoms with Crippen molar-refractivity contribution in [3.05, 3.63) is 35.4 Å². The first kappa shape index (κ1) is 16.7. The number of carbonyl (C=O) groups is 1. The van der Waals surface area contributed by atoms with Gasteiger partial charge in [0.15, 0.2) is 0 Å². The van der Waals surface area contributed by atoms with Gasteiger partial charge in [0.25, 0.3) is 0 Å². The number of ether oxygens (including phenoxy) is 3. The van der Waals surface area contributed by atoms with E-state index in [1.165, 1.54) is 32.1 Å². The van der Waals surface area contributed by atoms with Crippen molar-refractivity contribution in [2.45, 2.75) is 57.0 Å². The first-order valence-electron chi connectivity index (χ1n) is 10.0. The first-order chi connectivity index (χ1) is 12.7. The summed E-state index contributed by atoms with van der Waals surface area (Å²) in [5.74, 6) is -0.263. The molecule has 1 aliphatic carbocycles. The number of nitrogens with zero attached hydrogens (tertiary/aromatic N) is 1. The average Bonchev–Trinajstić information content (AvgIpc) is 3.38. The highest BCUT2D eigenvalue weighted by atomic mass is 16.7. The Labute approximate surface area is 154 Å². The van der Waals surface area contributed by atoms with Crippen LogP contribution in [0.3, 0.4) is 0 Å². The van der Waals surface area contributed by atoms with E-state index in [0.29, 0.717) is 17.0 Å². The van der Waals surface area contributed by atoms with Crippen LogP contribution in [0.4, 0.5) is 0 Å². The molecule has 0 radical (unpaired) electrons. The highest BCUT2D eigenvalue weighted by molar-refractivity contribution is 5.93. The van der Waals surface area contributed by atoms with Gasteiger partial charge in [-0.25, -0.2) is 4.79 Å². The van der Waals surface area contributed by atoms with Crippen molar-refractivity contribution < 1.29 is 19.0 Å². The lowest BCUT2D eigenvalue weighted by molar-refractivity contribution is -0.152. The van der Waals surface area contributed by atoms with Crippen LogP contribution in [0.1, 0.15) is 60.7 Å². The molecule has 0 amide bonds. The van der Waals surface area contributed by atoms with Crippen LogP contribution in [0.5, 0.6) is 0 Å². The van der Waals surface area contributed by atoms with Crippen molar-refractivity contribution in [2.75, 3.05) is 26.3 Å². The highest BCUT2D eigenvalue weighted by Gasteiger charge is 2.43. The molecule has 5 rings (SSSR count). The number of benzene rings is 1. The molecule has 5 heteroatoms. The van der Waals surface area contributed by atoms with Crippen molar-refractivity contribution in [3.8, 4) is 0 Å². The third kappa shape index (κ3) is 2.86. The van der Waals surface area contributed by atoms with Crippen molar-refractivity contribution in [1.29, 1.82) is 0 Å². The molecule has 3 heterocycles. The zero-order valence-corrected chi connectivity index (χ0v) is 15.2. The van der Waals surface area contributed by atoms with Crippen LogP contribution in [-0.2, 0) is 14.2 Å². The summed E-state index contributed by atoms with van der Waals surface area (Å²) in [5.41, 5.74) is 1.96. The van der Waals surface area contributed by atoms with E-state index in [1.54, 1.807) is 0 Å². The quantitative estimate of drug-likeness (QED) is 0.777. The van der Waals surface area contributed by atoms with Gasteiger partial charge in [0.05, 0.1) is 18.3 Å². The van der Waals surface area contributed by atoms with E-state index in [1.807, 2.05) is 24.3 Å². The second-order valence-corrected chi connectivity index (χ2v) is 8.34. The van der Waals surface area contributed by atoms with Crippen molar-refractivity contribution >= 4 is 5.97 Å². The number of cyclic esters (lactones) is 1. The van der Waals surface area contributed by atoms with E-state index in [4.69, 9.17) is 14.2 Å². The smallest absolute Gasteiger partial charge is 0.341 e. The van der Waals surface area contributed by atoms with E-state index in [9.17, 15) is 4.79 Å². The lowest BCUT2D eigenvalue weighted by Crippen LogP contribution is -2.48. The van der Waals surface area contributed by atoms with Gasteiger partial charge in [-0.3, -0.25) is 4.90 Å². The summed E-state index contributed by atoms with van der Waals surface area (Å²) < 4.78 is 17.5. The molecule has 2 saturated heterocycles. The summed E-state index contributed by atoms with van der Waals surface area (Å²) in [4.78, 5) is 14.7. The summed E-state index contributed by atoms with van der Waals surface area (Å²) in [7, 11) is 0. The molecule has 1 spiro atoms. The molecule has 140 valence electrons. The van der Waals surface area contributed by atoms with Gasteiger partial charge in [-0.1, -0.05) is 18.2 Å². The predicted octanol–water partition coefficient (Wildman–Crippen LogP) is 3.30. The van der Waals surface area contributed by atoms with Gasteiger partial charge in [-0.15, -0.1) is 0 Å². The Morgan fingerprint density at radius 2 is 1.96 bits per heavy atom. The third-order valence-corrected chi connectivity index (χ3v) is 6.88. The van der Waals surface area contributed by atoms with E-state index in [0.717, 1.165) is 38.3 Å². The molecule has 1 aromatic carbocycles. The second kappa shape index (κ2) is 6.63. The van der Waals surface area contributed by atoms with Crippen molar-refractivity contribution in [3.63, 3.8) is 0 Å². The van der Waals surface area contributed by atoms with E-state index in [-0.39, 0.29) is 12.1 Å². The van der Waals surface area contributed by atoms with Gasteiger partial charge < -0.3 is 14.2 Å². The molecule has 1 aromatic rings. The fourth-order valence-corrected chi connectivity index (χ4v) is 5.23. The first-order valence-corrected chi connectivity index (χ1v) is 10.0. The maximum atomic E-state index is 12.1. The SMILES string of the molecule is O=C1OC(OC2CCCC2N2CCC3(CCOC3)CC2)c2ccccc21. The standard InChI is InChI=1S/C21H27NO4/c23-19-15-4-1-2-5-16(15)20(26-19)25-18-7-3-6-17(18)22-11-8-21(9-12-22)10-13-24-14-21/h1-2,4-5,17-18,20H,3,6-14H2. The number of hydrogen-bond donors (Lipinski definition) is 0. The van der Waals surface area contributed by atoms with Crippen LogP contribution in [0.15, 0.2) is 24.3 Å².